The molecule has 1 heterocycles. The van der Waals surface area contributed by atoms with Crippen molar-refractivity contribution in [2.75, 3.05) is 5.75 Å². The van der Waals surface area contributed by atoms with Gasteiger partial charge < -0.3 is 4.98 Å². The van der Waals surface area contributed by atoms with Crippen LogP contribution in [0.1, 0.15) is 18.1 Å². The summed E-state index contributed by atoms with van der Waals surface area (Å²) in [5, 5.41) is 0.643. The van der Waals surface area contributed by atoms with E-state index in [1.807, 2.05) is 26.0 Å². The Morgan fingerprint density at radius 3 is 2.07 bits per heavy atom. The first-order chi connectivity index (χ1) is 13.4. The van der Waals surface area contributed by atoms with Crippen LogP contribution in [-0.4, -0.2) is 27.5 Å². The lowest BCUT2D eigenvalue weighted by Crippen LogP contribution is -2.41. The van der Waals surface area contributed by atoms with E-state index in [0.717, 1.165) is 22.5 Å². The van der Waals surface area contributed by atoms with E-state index in [2.05, 4.69) is 52.2 Å². The molecule has 3 aromatic rings. The number of aromatic nitrogens is 2. The lowest BCUT2D eigenvalue weighted by molar-refractivity contribution is -0.126. The molecule has 0 aliphatic carbocycles. The summed E-state index contributed by atoms with van der Waals surface area (Å²) in [5.41, 5.74) is 10.8. The van der Waals surface area contributed by atoms with Crippen molar-refractivity contribution in [1.29, 1.82) is 0 Å². The van der Waals surface area contributed by atoms with Gasteiger partial charge in [-0.15, -0.1) is 0 Å². The second-order valence-electron chi connectivity index (χ2n) is 6.52. The fraction of sp³-hybridized carbons (Fsp3) is 0.190. The quantitative estimate of drug-likeness (QED) is 0.456. The molecule has 0 aliphatic heterocycles. The largest absolute Gasteiger partial charge is 0.332 e. The molecule has 6 nitrogen and oxygen atoms in total. The average molecular weight is 395 g/mol. The number of aromatic amines is 1. The maximum absolute atomic E-state index is 11.8. The molecule has 1 aromatic heterocycles. The van der Waals surface area contributed by atoms with E-state index in [1.165, 1.54) is 29.8 Å². The Labute approximate surface area is 168 Å². The summed E-state index contributed by atoms with van der Waals surface area (Å²) in [6.45, 7) is 5.43. The number of nitrogens with one attached hydrogen (secondary N) is 3. The number of benzene rings is 2. The number of H-pyrrole nitrogens is 1. The van der Waals surface area contributed by atoms with Crippen molar-refractivity contribution in [3.63, 3.8) is 0 Å². The maximum atomic E-state index is 11.8. The van der Waals surface area contributed by atoms with Crippen molar-refractivity contribution >= 4 is 23.6 Å². The molecule has 0 saturated carbocycles. The molecular weight excluding hydrogens is 372 g/mol. The third-order valence-corrected chi connectivity index (χ3v) is 4.94. The van der Waals surface area contributed by atoms with Gasteiger partial charge in [0, 0.05) is 18.1 Å². The second-order valence-corrected chi connectivity index (χ2v) is 7.48. The second kappa shape index (κ2) is 8.75. The summed E-state index contributed by atoms with van der Waals surface area (Å²) in [6, 6.07) is 16.4. The predicted octanol–water partition coefficient (Wildman–Crippen LogP) is 3.62. The molecule has 0 fully saturated rings. The Kier molecular flexibility index (Phi) is 6.16. The van der Waals surface area contributed by atoms with E-state index in [1.54, 1.807) is 0 Å². The molecule has 0 spiro atoms. The summed E-state index contributed by atoms with van der Waals surface area (Å²) in [5.74, 6) is -0.487. The Morgan fingerprint density at radius 1 is 0.929 bits per heavy atom. The van der Waals surface area contributed by atoms with Gasteiger partial charge in [-0.1, -0.05) is 71.4 Å². The number of amides is 2. The van der Waals surface area contributed by atoms with Crippen molar-refractivity contribution in [1.82, 2.24) is 20.8 Å². The third kappa shape index (κ3) is 5.01. The number of rotatable bonds is 5. The molecular formula is C21H22N4O2S. The van der Waals surface area contributed by atoms with Crippen molar-refractivity contribution in [2.45, 2.75) is 25.9 Å². The lowest BCUT2D eigenvalue weighted by atomic mass is 10.0. The first kappa shape index (κ1) is 19.7. The van der Waals surface area contributed by atoms with E-state index in [-0.39, 0.29) is 17.6 Å². The number of thioether (sulfide) groups is 1. The van der Waals surface area contributed by atoms with Gasteiger partial charge in [0.1, 0.15) is 0 Å². The van der Waals surface area contributed by atoms with Crippen LogP contribution in [0, 0.1) is 13.8 Å². The van der Waals surface area contributed by atoms with E-state index in [0.29, 0.717) is 5.16 Å². The highest BCUT2D eigenvalue weighted by Crippen LogP contribution is 2.33. The highest BCUT2D eigenvalue weighted by molar-refractivity contribution is 7.99. The molecule has 0 bridgehead atoms. The molecule has 0 aliphatic rings. The summed E-state index contributed by atoms with van der Waals surface area (Å²) < 4.78 is 0. The number of imidazole rings is 1. The Bertz CT molecular complexity index is 916. The van der Waals surface area contributed by atoms with Gasteiger partial charge in [0.05, 0.1) is 17.1 Å². The summed E-state index contributed by atoms with van der Waals surface area (Å²) in [4.78, 5) is 30.8. The minimum atomic E-state index is -0.320. The molecule has 2 amide bonds. The van der Waals surface area contributed by atoms with Crippen LogP contribution in [0.3, 0.4) is 0 Å². The number of carbonyl (C=O) groups is 2. The van der Waals surface area contributed by atoms with Crippen LogP contribution < -0.4 is 10.9 Å². The topological polar surface area (TPSA) is 86.9 Å². The van der Waals surface area contributed by atoms with Gasteiger partial charge in [-0.25, -0.2) is 4.98 Å². The number of hydrogen-bond donors (Lipinski definition) is 3. The average Bonchev–Trinajstić information content (AvgIpc) is 3.10. The minimum Gasteiger partial charge on any atom is -0.332 e. The molecule has 144 valence electrons. The van der Waals surface area contributed by atoms with Crippen molar-refractivity contribution in [2.24, 2.45) is 0 Å². The summed E-state index contributed by atoms with van der Waals surface area (Å²) in [7, 11) is 0. The maximum Gasteiger partial charge on any atom is 0.248 e. The van der Waals surface area contributed by atoms with E-state index < -0.39 is 0 Å². The SMILES string of the molecule is CC(=O)NNC(=O)CSc1nc(-c2ccc(C)cc2)c(-c2ccc(C)cc2)[nH]1. The van der Waals surface area contributed by atoms with Crippen LogP contribution in [0.4, 0.5) is 0 Å². The normalized spacial score (nSPS) is 10.5. The number of aryl methyl sites for hydroxylation is 2. The van der Waals surface area contributed by atoms with Gasteiger partial charge in [0.2, 0.25) is 11.8 Å². The molecule has 2 aromatic carbocycles. The minimum absolute atomic E-state index is 0.133. The summed E-state index contributed by atoms with van der Waals surface area (Å²) >= 11 is 1.28. The van der Waals surface area contributed by atoms with E-state index in [9.17, 15) is 9.59 Å². The summed E-state index contributed by atoms with van der Waals surface area (Å²) in [6.07, 6.45) is 0. The predicted molar refractivity (Wildman–Crippen MR) is 112 cm³/mol. The van der Waals surface area contributed by atoms with Crippen molar-refractivity contribution in [3.8, 4) is 22.5 Å². The van der Waals surface area contributed by atoms with Crippen LogP contribution in [0.2, 0.25) is 0 Å². The zero-order chi connectivity index (χ0) is 20.1. The van der Waals surface area contributed by atoms with Crippen LogP contribution >= 0.6 is 11.8 Å². The van der Waals surface area contributed by atoms with Crippen LogP contribution in [0.5, 0.6) is 0 Å². The van der Waals surface area contributed by atoms with Gasteiger partial charge in [0.25, 0.3) is 0 Å². The Hall–Kier alpha value is -3.06. The zero-order valence-electron chi connectivity index (χ0n) is 16.0. The first-order valence-corrected chi connectivity index (χ1v) is 9.83. The fourth-order valence-corrected chi connectivity index (χ4v) is 3.27. The number of carbonyl (C=O) groups excluding carboxylic acids is 2. The highest BCUT2D eigenvalue weighted by Gasteiger charge is 2.15. The lowest BCUT2D eigenvalue weighted by Gasteiger charge is -2.04. The van der Waals surface area contributed by atoms with Gasteiger partial charge in [-0.05, 0) is 13.8 Å². The number of nitrogens with zero attached hydrogens (tertiary/aromatic N) is 1. The monoisotopic (exact) mass is 394 g/mol. The molecule has 3 rings (SSSR count). The standard InChI is InChI=1S/C21H22N4O2S/c1-13-4-8-16(9-5-13)19-20(17-10-6-14(2)7-11-17)23-21(22-19)28-12-18(27)25-24-15(3)26/h4-11H,12H2,1-3H3,(H,22,23)(H,24,26)(H,25,27). The van der Waals surface area contributed by atoms with Gasteiger partial charge in [-0.3, -0.25) is 20.4 Å². The number of hydrazine groups is 1. The van der Waals surface area contributed by atoms with E-state index >= 15 is 0 Å². The van der Waals surface area contributed by atoms with Crippen LogP contribution in [0.15, 0.2) is 53.7 Å². The molecule has 0 radical (unpaired) electrons. The zero-order valence-corrected chi connectivity index (χ0v) is 16.8. The fourth-order valence-electron chi connectivity index (χ4n) is 2.60. The molecule has 28 heavy (non-hydrogen) atoms. The first-order valence-electron chi connectivity index (χ1n) is 8.84. The van der Waals surface area contributed by atoms with Gasteiger partial charge in [-0.2, -0.15) is 0 Å². The highest BCUT2D eigenvalue weighted by atomic mass is 32.2. The molecule has 0 atom stereocenters. The van der Waals surface area contributed by atoms with E-state index in [4.69, 9.17) is 4.98 Å². The van der Waals surface area contributed by atoms with Crippen molar-refractivity contribution in [3.05, 3.63) is 59.7 Å². The molecule has 7 heteroatoms. The molecule has 0 unspecified atom stereocenters. The van der Waals surface area contributed by atoms with Crippen LogP contribution in [0.25, 0.3) is 22.5 Å². The number of hydrogen-bond acceptors (Lipinski definition) is 4. The Morgan fingerprint density at radius 2 is 1.50 bits per heavy atom. The van der Waals surface area contributed by atoms with Crippen LogP contribution in [-0.2, 0) is 9.59 Å². The Balaban J connectivity index is 1.87. The molecule has 0 saturated heterocycles. The van der Waals surface area contributed by atoms with Crippen molar-refractivity contribution < 1.29 is 9.59 Å². The molecule has 3 N–H and O–H groups in total. The van der Waals surface area contributed by atoms with Gasteiger partial charge >= 0.3 is 0 Å². The van der Waals surface area contributed by atoms with Gasteiger partial charge in [0.15, 0.2) is 5.16 Å². The third-order valence-electron chi connectivity index (χ3n) is 4.07. The smallest absolute Gasteiger partial charge is 0.248 e.